The summed E-state index contributed by atoms with van der Waals surface area (Å²) >= 11 is 0. The second-order valence-corrected chi connectivity index (χ2v) is 13.5. The van der Waals surface area contributed by atoms with Gasteiger partial charge in [-0.15, -0.1) is 0 Å². The van der Waals surface area contributed by atoms with Crippen LogP contribution in [-0.2, 0) is 5.41 Å². The van der Waals surface area contributed by atoms with Crippen LogP contribution in [-0.4, -0.2) is 4.57 Å². The number of rotatable bonds is 4. The van der Waals surface area contributed by atoms with Crippen LogP contribution in [0.1, 0.15) is 42.4 Å². The highest BCUT2D eigenvalue weighted by Gasteiger charge is 2.68. The molecule has 1 heterocycles. The zero-order chi connectivity index (χ0) is 31.9. The molecule has 0 amide bonds. The maximum Gasteiger partial charge on any atom is 0.189 e. The average Bonchev–Trinajstić information content (AvgIpc) is 3.48. The van der Waals surface area contributed by atoms with Crippen LogP contribution < -0.4 is 0 Å². The smallest absolute Gasteiger partial charge is 0.189 e. The first-order chi connectivity index (χ1) is 23.0. The van der Waals surface area contributed by atoms with Gasteiger partial charge in [-0.3, -0.25) is 0 Å². The predicted octanol–water partition coefficient (Wildman–Crippen LogP) is 10.7. The third-order valence-electron chi connectivity index (χ3n) is 11.3. The van der Waals surface area contributed by atoms with Gasteiger partial charge in [-0.05, 0) is 138 Å². The molecule has 6 aromatic rings. The molecule has 2 atom stereocenters. The van der Waals surface area contributed by atoms with Gasteiger partial charge in [0.1, 0.15) is 0 Å². The van der Waals surface area contributed by atoms with Gasteiger partial charge in [0, 0.05) is 33.0 Å². The molecule has 1 aromatic heterocycles. The highest BCUT2D eigenvalue weighted by Crippen LogP contribution is 2.74. The minimum absolute atomic E-state index is 0.271. The number of nitriles is 2. The van der Waals surface area contributed by atoms with Gasteiger partial charge < -0.3 is 4.57 Å². The van der Waals surface area contributed by atoms with E-state index in [2.05, 4.69) is 87.1 Å². The van der Waals surface area contributed by atoms with E-state index in [1.54, 1.807) is 12.1 Å². The van der Waals surface area contributed by atoms with Gasteiger partial charge in [0.05, 0.1) is 36.3 Å². The molecule has 5 heteroatoms. The number of benzene rings is 5. The van der Waals surface area contributed by atoms with Crippen LogP contribution in [0, 0.1) is 53.6 Å². The van der Waals surface area contributed by atoms with E-state index < -0.39 is 0 Å². The molecule has 3 aliphatic carbocycles. The fourth-order valence-electron chi connectivity index (χ4n) is 9.45. The Morgan fingerprint density at radius 3 is 1.68 bits per heavy atom. The molecule has 5 nitrogen and oxygen atoms in total. The first kappa shape index (κ1) is 27.2. The van der Waals surface area contributed by atoms with E-state index in [1.165, 1.54) is 36.9 Å². The third kappa shape index (κ3) is 3.85. The van der Waals surface area contributed by atoms with Crippen LogP contribution in [0.15, 0.2) is 97.1 Å². The largest absolute Gasteiger partial charge is 0.309 e. The molecular formula is C42H27N5. The quantitative estimate of drug-likeness (QED) is 0.189. The molecule has 5 aromatic carbocycles. The summed E-state index contributed by atoms with van der Waals surface area (Å²) in [7, 11) is 0. The highest BCUT2D eigenvalue weighted by molar-refractivity contribution is 6.12. The SMILES string of the molecule is [C-]#[N+]c1cc(C#N)cc(-c2ccc3c(c2)c2cc(-c4cc(C#N)cc([N+]#[C-])c4)ccc2n3-c2ccccc2C23CC4CCC(C2)C43)c1. The lowest BCUT2D eigenvalue weighted by Crippen LogP contribution is -2.60. The zero-order valence-corrected chi connectivity index (χ0v) is 25.5. The lowest BCUT2D eigenvalue weighted by Gasteiger charge is -2.64. The van der Waals surface area contributed by atoms with Crippen molar-refractivity contribution in [3.8, 4) is 40.1 Å². The van der Waals surface area contributed by atoms with E-state index in [0.29, 0.717) is 22.5 Å². The second-order valence-electron chi connectivity index (χ2n) is 13.5. The molecule has 47 heavy (non-hydrogen) atoms. The van der Waals surface area contributed by atoms with Crippen LogP contribution in [0.2, 0.25) is 0 Å². The van der Waals surface area contributed by atoms with Crippen LogP contribution in [0.4, 0.5) is 11.4 Å². The minimum Gasteiger partial charge on any atom is -0.309 e. The van der Waals surface area contributed by atoms with Crippen molar-refractivity contribution in [3.05, 3.63) is 137 Å². The fraction of sp³-hybridized carbons (Fsp3) is 0.190. The summed E-state index contributed by atoms with van der Waals surface area (Å²) in [5.74, 6) is 2.56. The molecule has 0 spiro atoms. The van der Waals surface area contributed by atoms with Crippen molar-refractivity contribution in [1.82, 2.24) is 4.57 Å². The van der Waals surface area contributed by atoms with E-state index in [-0.39, 0.29) is 5.41 Å². The normalized spacial score (nSPS) is 21.9. The molecule has 9 rings (SSSR count). The summed E-state index contributed by atoms with van der Waals surface area (Å²) in [6.45, 7) is 15.2. The third-order valence-corrected chi connectivity index (χ3v) is 11.3. The van der Waals surface area contributed by atoms with E-state index >= 15 is 0 Å². The number of fused-ring (bicyclic) bond motifs is 3. The summed E-state index contributed by atoms with van der Waals surface area (Å²) in [4.78, 5) is 7.24. The van der Waals surface area contributed by atoms with E-state index in [0.717, 1.165) is 61.8 Å². The van der Waals surface area contributed by atoms with Gasteiger partial charge in [0.15, 0.2) is 11.4 Å². The Morgan fingerprint density at radius 2 is 1.17 bits per heavy atom. The molecular weight excluding hydrogens is 574 g/mol. The van der Waals surface area contributed by atoms with Gasteiger partial charge in [0.25, 0.3) is 0 Å². The van der Waals surface area contributed by atoms with Gasteiger partial charge in [-0.1, -0.05) is 30.3 Å². The van der Waals surface area contributed by atoms with Gasteiger partial charge in [-0.25, -0.2) is 9.69 Å². The number of hydrogen-bond donors (Lipinski definition) is 0. The van der Waals surface area contributed by atoms with Gasteiger partial charge in [-0.2, -0.15) is 10.5 Å². The zero-order valence-electron chi connectivity index (χ0n) is 25.5. The van der Waals surface area contributed by atoms with Crippen molar-refractivity contribution in [2.24, 2.45) is 17.8 Å². The van der Waals surface area contributed by atoms with Crippen LogP contribution in [0.3, 0.4) is 0 Å². The summed E-state index contributed by atoms with van der Waals surface area (Å²) in [5.41, 5.74) is 10.5. The molecule has 0 saturated heterocycles. The number of aromatic nitrogens is 1. The summed E-state index contributed by atoms with van der Waals surface area (Å²) < 4.78 is 2.42. The lowest BCUT2D eigenvalue weighted by atomic mass is 9.39. The Labute approximate surface area is 273 Å². The van der Waals surface area contributed by atoms with Crippen molar-refractivity contribution >= 4 is 33.2 Å². The summed E-state index contributed by atoms with van der Waals surface area (Å²) in [6, 6.07) is 36.9. The molecule has 220 valence electrons. The monoisotopic (exact) mass is 601 g/mol. The van der Waals surface area contributed by atoms with Crippen molar-refractivity contribution < 1.29 is 0 Å². The Balaban J connectivity index is 1.30. The first-order valence-electron chi connectivity index (χ1n) is 16.1. The average molecular weight is 602 g/mol. The van der Waals surface area contributed by atoms with Crippen molar-refractivity contribution in [2.45, 2.75) is 31.1 Å². The maximum atomic E-state index is 9.67. The van der Waals surface area contributed by atoms with Gasteiger partial charge >= 0.3 is 0 Å². The lowest BCUT2D eigenvalue weighted by molar-refractivity contribution is -0.0793. The molecule has 0 bridgehead atoms. The molecule has 0 radical (unpaired) electrons. The topological polar surface area (TPSA) is 61.2 Å². The van der Waals surface area contributed by atoms with Gasteiger partial charge in [0.2, 0.25) is 0 Å². The molecule has 2 unspecified atom stereocenters. The standard InChI is InChI=1S/C42H27N5/c1-45-33-15-25(23-43)13-31(17-33)27-9-11-38-35(19-27)36-20-28(32-14-26(24-44)16-34(18-32)46-2)10-12-39(36)47(38)40-6-4-3-5-37(40)42-21-29-7-8-30(22-42)41(29)42/h3-6,9-20,29-30,41H,7-8,21-22H2. The summed E-state index contributed by atoms with van der Waals surface area (Å²) in [6.07, 6.45) is 5.33. The van der Waals surface area contributed by atoms with E-state index in [1.807, 2.05) is 24.3 Å². The maximum absolute atomic E-state index is 9.67. The van der Waals surface area contributed by atoms with Crippen molar-refractivity contribution in [3.63, 3.8) is 0 Å². The Hall–Kier alpha value is -6.14. The number of para-hydroxylation sites is 1. The molecule has 3 aliphatic rings. The highest BCUT2D eigenvalue weighted by atomic mass is 15.0. The molecule has 0 aliphatic heterocycles. The van der Waals surface area contributed by atoms with Crippen LogP contribution in [0.25, 0.3) is 59.4 Å². The number of nitrogens with zero attached hydrogens (tertiary/aromatic N) is 5. The Bertz CT molecular complexity index is 2300. The number of hydrogen-bond acceptors (Lipinski definition) is 2. The fourth-order valence-corrected chi connectivity index (χ4v) is 9.45. The molecule has 3 fully saturated rings. The molecule has 3 saturated carbocycles. The van der Waals surface area contributed by atoms with E-state index in [4.69, 9.17) is 13.1 Å². The van der Waals surface area contributed by atoms with Crippen molar-refractivity contribution in [2.75, 3.05) is 0 Å². The van der Waals surface area contributed by atoms with Crippen LogP contribution >= 0.6 is 0 Å². The van der Waals surface area contributed by atoms with E-state index in [9.17, 15) is 10.5 Å². The predicted molar refractivity (Wildman–Crippen MR) is 184 cm³/mol. The first-order valence-corrected chi connectivity index (χ1v) is 16.1. The minimum atomic E-state index is 0.271. The second kappa shape index (κ2) is 9.93. The Kier molecular flexibility index (Phi) is 5.74. The molecule has 0 N–H and O–H groups in total. The van der Waals surface area contributed by atoms with Crippen molar-refractivity contribution in [1.29, 1.82) is 10.5 Å². The summed E-state index contributed by atoms with van der Waals surface area (Å²) in [5, 5.41) is 21.5. The van der Waals surface area contributed by atoms with Crippen LogP contribution in [0.5, 0.6) is 0 Å². The Morgan fingerprint density at radius 1 is 0.638 bits per heavy atom.